The second-order valence-corrected chi connectivity index (χ2v) is 8.59. The Morgan fingerprint density at radius 1 is 1.36 bits per heavy atom. The zero-order valence-corrected chi connectivity index (χ0v) is 16.2. The molecular weight excluding hydrogens is 324 g/mol. The summed E-state index contributed by atoms with van der Waals surface area (Å²) in [6, 6.07) is 0. The first-order valence-electron chi connectivity index (χ1n) is 9.20. The zero-order valence-electron chi connectivity index (χ0n) is 16.2. The molecule has 0 bridgehead atoms. The maximum Gasteiger partial charge on any atom is 0.310 e. The van der Waals surface area contributed by atoms with Gasteiger partial charge >= 0.3 is 5.97 Å². The summed E-state index contributed by atoms with van der Waals surface area (Å²) in [5.74, 6) is -2.90. The minimum atomic E-state index is -0.805. The van der Waals surface area contributed by atoms with Crippen molar-refractivity contribution in [1.29, 1.82) is 0 Å². The quantitative estimate of drug-likeness (QED) is 0.618. The molecule has 0 spiro atoms. The van der Waals surface area contributed by atoms with E-state index in [1.165, 1.54) is 0 Å². The van der Waals surface area contributed by atoms with Crippen LogP contribution in [0.25, 0.3) is 0 Å². The highest BCUT2D eigenvalue weighted by Crippen LogP contribution is 2.41. The molecule has 25 heavy (non-hydrogen) atoms. The molecule has 1 heterocycles. The van der Waals surface area contributed by atoms with Crippen LogP contribution in [-0.2, 0) is 23.8 Å². The Labute approximate surface area is 150 Å². The minimum Gasteiger partial charge on any atom is -0.460 e. The van der Waals surface area contributed by atoms with Gasteiger partial charge in [-0.1, -0.05) is 6.92 Å². The van der Waals surface area contributed by atoms with E-state index in [4.69, 9.17) is 14.2 Å². The van der Waals surface area contributed by atoms with Crippen LogP contribution in [0.5, 0.6) is 0 Å². The summed E-state index contributed by atoms with van der Waals surface area (Å²) >= 11 is 0. The molecule has 0 amide bonds. The summed E-state index contributed by atoms with van der Waals surface area (Å²) in [6.45, 7) is 11.2. The Balaban J connectivity index is 2.38. The van der Waals surface area contributed by atoms with Gasteiger partial charge in [-0.2, -0.15) is 0 Å². The van der Waals surface area contributed by atoms with Crippen molar-refractivity contribution in [1.82, 2.24) is 0 Å². The monoisotopic (exact) mass is 356 g/mol. The average molecular weight is 356 g/mol. The highest BCUT2D eigenvalue weighted by molar-refractivity contribution is 5.87. The number of carbonyl (C=O) groups is 2. The second-order valence-electron chi connectivity index (χ2n) is 8.59. The van der Waals surface area contributed by atoms with Crippen molar-refractivity contribution >= 4 is 11.8 Å². The fraction of sp³-hybridized carbons (Fsp3) is 0.895. The largest absolute Gasteiger partial charge is 0.460 e. The summed E-state index contributed by atoms with van der Waals surface area (Å²) in [7, 11) is 0. The van der Waals surface area contributed by atoms with Gasteiger partial charge < -0.3 is 19.3 Å². The molecule has 1 aliphatic heterocycles. The number of ketones is 1. The van der Waals surface area contributed by atoms with Gasteiger partial charge in [0, 0.05) is 18.3 Å². The van der Waals surface area contributed by atoms with Crippen molar-refractivity contribution in [2.45, 2.75) is 84.4 Å². The van der Waals surface area contributed by atoms with Gasteiger partial charge in [-0.05, 0) is 47.5 Å². The molecule has 0 aromatic rings. The number of esters is 1. The van der Waals surface area contributed by atoms with E-state index in [1.54, 1.807) is 34.6 Å². The number of Topliss-reactive ketones (excluding diaryl/α,β-unsaturated/α-hetero) is 1. The lowest BCUT2D eigenvalue weighted by atomic mass is 9.75. The summed E-state index contributed by atoms with van der Waals surface area (Å²) in [6.07, 6.45) is -0.113. The summed E-state index contributed by atoms with van der Waals surface area (Å²) in [4.78, 5) is 25.5. The number of rotatable bonds is 3. The number of aliphatic hydroxyl groups is 1. The average Bonchev–Trinajstić information content (AvgIpc) is 2.76. The summed E-state index contributed by atoms with van der Waals surface area (Å²) < 4.78 is 17.2. The molecule has 2 fully saturated rings. The van der Waals surface area contributed by atoms with Gasteiger partial charge in [0.1, 0.15) is 11.4 Å². The first-order valence-corrected chi connectivity index (χ1v) is 9.20. The molecule has 1 saturated carbocycles. The van der Waals surface area contributed by atoms with Crippen LogP contribution in [0.4, 0.5) is 0 Å². The lowest BCUT2D eigenvalue weighted by Crippen LogP contribution is -2.47. The normalized spacial score (nSPS) is 36.1. The standard InChI is InChI=1S/C19H32O6/c1-7-11-12(20)8-9-13(21)16(14-10-23-19(5,6)24-14)15(11)17(22)25-18(2,3)4/h11,13-16,21H,7-10H2,1-6H3/t11-,13+,14-,15?,16+/m1/s1. The molecule has 1 aliphatic carbocycles. The molecule has 0 aromatic heterocycles. The van der Waals surface area contributed by atoms with Crippen molar-refractivity contribution in [3.63, 3.8) is 0 Å². The molecule has 6 nitrogen and oxygen atoms in total. The van der Waals surface area contributed by atoms with E-state index in [9.17, 15) is 14.7 Å². The molecule has 1 N–H and O–H groups in total. The predicted molar refractivity (Wildman–Crippen MR) is 91.8 cm³/mol. The van der Waals surface area contributed by atoms with Crippen molar-refractivity contribution in [3.8, 4) is 0 Å². The molecule has 0 aromatic carbocycles. The van der Waals surface area contributed by atoms with Crippen molar-refractivity contribution in [2.75, 3.05) is 6.61 Å². The van der Waals surface area contributed by atoms with Gasteiger partial charge in [0.15, 0.2) is 5.79 Å². The van der Waals surface area contributed by atoms with Crippen LogP contribution in [0, 0.1) is 17.8 Å². The molecule has 1 saturated heterocycles. The molecule has 2 rings (SSSR count). The highest BCUT2D eigenvalue weighted by atomic mass is 16.7. The highest BCUT2D eigenvalue weighted by Gasteiger charge is 2.51. The fourth-order valence-corrected chi connectivity index (χ4v) is 3.93. The van der Waals surface area contributed by atoms with E-state index >= 15 is 0 Å². The van der Waals surface area contributed by atoms with Crippen LogP contribution >= 0.6 is 0 Å². The number of hydrogen-bond donors (Lipinski definition) is 1. The van der Waals surface area contributed by atoms with Gasteiger partial charge in [0.05, 0.1) is 24.7 Å². The lowest BCUT2D eigenvalue weighted by Gasteiger charge is -2.36. The number of aliphatic hydroxyl groups excluding tert-OH is 1. The number of carbonyl (C=O) groups excluding carboxylic acids is 2. The Morgan fingerprint density at radius 3 is 2.48 bits per heavy atom. The van der Waals surface area contributed by atoms with Crippen molar-refractivity contribution < 1.29 is 28.9 Å². The number of ether oxygens (including phenoxy) is 3. The third-order valence-corrected chi connectivity index (χ3v) is 4.97. The van der Waals surface area contributed by atoms with Crippen LogP contribution < -0.4 is 0 Å². The lowest BCUT2D eigenvalue weighted by molar-refractivity contribution is -0.178. The maximum atomic E-state index is 13.0. The summed E-state index contributed by atoms with van der Waals surface area (Å²) in [5, 5.41) is 10.7. The fourth-order valence-electron chi connectivity index (χ4n) is 3.93. The molecule has 144 valence electrons. The van der Waals surface area contributed by atoms with E-state index in [2.05, 4.69) is 0 Å². The molecule has 0 radical (unpaired) electrons. The maximum absolute atomic E-state index is 13.0. The summed E-state index contributed by atoms with van der Waals surface area (Å²) in [5.41, 5.74) is -0.660. The van der Waals surface area contributed by atoms with Gasteiger partial charge in [-0.25, -0.2) is 0 Å². The van der Waals surface area contributed by atoms with E-state index in [-0.39, 0.29) is 12.2 Å². The van der Waals surface area contributed by atoms with Crippen LogP contribution in [0.1, 0.15) is 60.8 Å². The van der Waals surface area contributed by atoms with Crippen LogP contribution in [0.3, 0.4) is 0 Å². The van der Waals surface area contributed by atoms with Crippen molar-refractivity contribution in [3.05, 3.63) is 0 Å². The third kappa shape index (κ3) is 4.80. The van der Waals surface area contributed by atoms with Gasteiger partial charge in [-0.3, -0.25) is 9.59 Å². The molecular formula is C19H32O6. The van der Waals surface area contributed by atoms with E-state index < -0.39 is 47.3 Å². The first-order chi connectivity index (χ1) is 11.4. The minimum absolute atomic E-state index is 0.0121. The first kappa shape index (κ1) is 20.3. The molecule has 5 atom stereocenters. The Kier molecular flexibility index (Phi) is 5.96. The Bertz CT molecular complexity index is 507. The molecule has 1 unspecified atom stereocenters. The van der Waals surface area contributed by atoms with Crippen LogP contribution in [0.15, 0.2) is 0 Å². The van der Waals surface area contributed by atoms with Crippen molar-refractivity contribution in [2.24, 2.45) is 17.8 Å². The Morgan fingerprint density at radius 2 is 2.00 bits per heavy atom. The van der Waals surface area contributed by atoms with E-state index in [1.807, 2.05) is 6.92 Å². The number of hydrogen-bond acceptors (Lipinski definition) is 6. The van der Waals surface area contributed by atoms with Gasteiger partial charge in [0.2, 0.25) is 0 Å². The van der Waals surface area contributed by atoms with Crippen LogP contribution in [0.2, 0.25) is 0 Å². The van der Waals surface area contributed by atoms with Gasteiger partial charge in [-0.15, -0.1) is 0 Å². The van der Waals surface area contributed by atoms with Gasteiger partial charge in [0.25, 0.3) is 0 Å². The van der Waals surface area contributed by atoms with E-state index in [0.717, 1.165) is 0 Å². The zero-order chi connectivity index (χ0) is 19.0. The molecule has 2 aliphatic rings. The smallest absolute Gasteiger partial charge is 0.310 e. The SMILES string of the molecule is CC[C@@H]1C(=O)CC[C@H](O)[C@@H]([C@H]2COC(C)(C)O2)C1C(=O)OC(C)(C)C. The topological polar surface area (TPSA) is 82.1 Å². The predicted octanol–water partition coefficient (Wildman–Crippen LogP) is 2.46. The second kappa shape index (κ2) is 7.33. The molecule has 6 heteroatoms. The third-order valence-electron chi connectivity index (χ3n) is 4.97. The van der Waals surface area contributed by atoms with Crippen LogP contribution in [-0.4, -0.2) is 47.1 Å². The Hall–Kier alpha value is -0.980. The van der Waals surface area contributed by atoms with E-state index in [0.29, 0.717) is 19.4 Å².